The molecule has 0 radical (unpaired) electrons. The van der Waals surface area contributed by atoms with Crippen LogP contribution in [-0.4, -0.2) is 30.4 Å². The maximum absolute atomic E-state index is 11.0. The molecular weight excluding hydrogens is 362 g/mol. The first kappa shape index (κ1) is 17.9. The Bertz CT molecular complexity index is 1260. The van der Waals surface area contributed by atoms with Crippen molar-refractivity contribution in [3.63, 3.8) is 0 Å². The van der Waals surface area contributed by atoms with Gasteiger partial charge in [0.2, 0.25) is 0 Å². The topological polar surface area (TPSA) is 63.2 Å². The second kappa shape index (κ2) is 7.03. The molecule has 3 aromatic carbocycles. The van der Waals surface area contributed by atoms with Gasteiger partial charge >= 0.3 is 0 Å². The predicted molar refractivity (Wildman–Crippen MR) is 116 cm³/mol. The lowest BCUT2D eigenvalue weighted by Crippen LogP contribution is -2.23. The zero-order valence-electron chi connectivity index (χ0n) is 16.2. The predicted octanol–water partition coefficient (Wildman–Crippen LogP) is 4.26. The Kier molecular flexibility index (Phi) is 4.34. The molecule has 0 unspecified atom stereocenters. The Balaban J connectivity index is 1.54. The molecule has 0 saturated heterocycles. The lowest BCUT2D eigenvalue weighted by molar-refractivity contribution is 0.129. The van der Waals surface area contributed by atoms with Gasteiger partial charge in [-0.15, -0.1) is 0 Å². The molecule has 2 aromatic heterocycles. The molecule has 0 aliphatic rings. The lowest BCUT2D eigenvalue weighted by Gasteiger charge is -2.17. The van der Waals surface area contributed by atoms with Crippen molar-refractivity contribution in [3.05, 3.63) is 78.6 Å². The van der Waals surface area contributed by atoms with Crippen LogP contribution in [0.3, 0.4) is 0 Å². The zero-order chi connectivity index (χ0) is 20.0. The van der Waals surface area contributed by atoms with Crippen molar-refractivity contribution in [1.82, 2.24) is 14.1 Å². The summed E-state index contributed by atoms with van der Waals surface area (Å²) in [6.07, 6.45) is -1.34. The van der Waals surface area contributed by atoms with Crippen molar-refractivity contribution in [3.8, 4) is 0 Å². The summed E-state index contributed by atoms with van der Waals surface area (Å²) in [6.45, 7) is 2.53. The smallest absolute Gasteiger partial charge is 0.138 e. The highest BCUT2D eigenvalue weighted by atomic mass is 16.3. The average molecular weight is 385 g/mol. The number of aliphatic hydroxyl groups excluding tert-OH is 2. The molecule has 5 aromatic rings. The molecule has 5 rings (SSSR count). The van der Waals surface area contributed by atoms with Gasteiger partial charge in [0.15, 0.2) is 0 Å². The molecule has 0 saturated carbocycles. The minimum atomic E-state index is -0.706. The first-order valence-electron chi connectivity index (χ1n) is 9.91. The molecule has 0 aliphatic heterocycles. The SMILES string of the molecule is C[C@H](O)c1nc2ccccc2n1C[C@H](O)Cn1c2ccccc2c2ccccc21. The van der Waals surface area contributed by atoms with E-state index in [1.807, 2.05) is 53.1 Å². The summed E-state index contributed by atoms with van der Waals surface area (Å²) < 4.78 is 4.11. The minimum Gasteiger partial charge on any atom is -0.389 e. The third kappa shape index (κ3) is 2.99. The fourth-order valence-corrected chi connectivity index (χ4v) is 4.28. The van der Waals surface area contributed by atoms with Crippen molar-refractivity contribution in [2.75, 3.05) is 0 Å². The number of rotatable bonds is 5. The number of hydrogen-bond donors (Lipinski definition) is 2. The summed E-state index contributed by atoms with van der Waals surface area (Å²) in [5, 5.41) is 23.6. The van der Waals surface area contributed by atoms with Gasteiger partial charge < -0.3 is 19.3 Å². The van der Waals surface area contributed by atoms with Gasteiger partial charge in [-0.3, -0.25) is 0 Å². The minimum absolute atomic E-state index is 0.363. The molecule has 5 nitrogen and oxygen atoms in total. The van der Waals surface area contributed by atoms with Gasteiger partial charge in [0.25, 0.3) is 0 Å². The fraction of sp³-hybridized carbons (Fsp3) is 0.208. The molecular formula is C24H23N3O2. The monoisotopic (exact) mass is 385 g/mol. The van der Waals surface area contributed by atoms with Crippen molar-refractivity contribution >= 4 is 32.8 Å². The van der Waals surface area contributed by atoms with E-state index in [1.54, 1.807) is 6.92 Å². The van der Waals surface area contributed by atoms with Gasteiger partial charge in [-0.05, 0) is 31.2 Å². The Morgan fingerprint density at radius 2 is 1.24 bits per heavy atom. The van der Waals surface area contributed by atoms with E-state index in [4.69, 9.17) is 0 Å². The van der Waals surface area contributed by atoms with Gasteiger partial charge in [-0.2, -0.15) is 0 Å². The second-order valence-corrected chi connectivity index (χ2v) is 7.54. The molecule has 5 heteroatoms. The van der Waals surface area contributed by atoms with Gasteiger partial charge in [0.1, 0.15) is 11.9 Å². The molecule has 0 amide bonds. The highest BCUT2D eigenvalue weighted by Crippen LogP contribution is 2.29. The van der Waals surface area contributed by atoms with Gasteiger partial charge in [0, 0.05) is 21.8 Å². The average Bonchev–Trinajstić information content (AvgIpc) is 3.25. The van der Waals surface area contributed by atoms with Crippen LogP contribution in [0.1, 0.15) is 18.9 Å². The summed E-state index contributed by atoms with van der Waals surface area (Å²) >= 11 is 0. The molecule has 2 heterocycles. The first-order chi connectivity index (χ1) is 14.1. The van der Waals surface area contributed by atoms with Gasteiger partial charge in [0.05, 0.1) is 30.2 Å². The molecule has 2 N–H and O–H groups in total. The number of aliphatic hydroxyl groups is 2. The summed E-state index contributed by atoms with van der Waals surface area (Å²) in [5.74, 6) is 0.576. The highest BCUT2D eigenvalue weighted by molar-refractivity contribution is 6.07. The third-order valence-electron chi connectivity index (χ3n) is 5.52. The molecule has 29 heavy (non-hydrogen) atoms. The van der Waals surface area contributed by atoms with Crippen LogP contribution in [0, 0.1) is 0 Å². The van der Waals surface area contributed by atoms with Crippen LogP contribution in [0.2, 0.25) is 0 Å². The maximum Gasteiger partial charge on any atom is 0.138 e. The number of benzene rings is 3. The molecule has 0 fully saturated rings. The molecule has 2 atom stereocenters. The van der Waals surface area contributed by atoms with Crippen molar-refractivity contribution in [2.45, 2.75) is 32.2 Å². The van der Waals surface area contributed by atoms with Gasteiger partial charge in [-0.1, -0.05) is 48.5 Å². The van der Waals surface area contributed by atoms with Crippen molar-refractivity contribution < 1.29 is 10.2 Å². The Morgan fingerprint density at radius 1 is 0.724 bits per heavy atom. The highest BCUT2D eigenvalue weighted by Gasteiger charge is 2.19. The van der Waals surface area contributed by atoms with E-state index in [2.05, 4.69) is 33.8 Å². The van der Waals surface area contributed by atoms with Crippen LogP contribution in [-0.2, 0) is 13.1 Å². The Labute approximate surface area is 168 Å². The third-order valence-corrected chi connectivity index (χ3v) is 5.52. The quantitative estimate of drug-likeness (QED) is 0.475. The Morgan fingerprint density at radius 3 is 1.86 bits per heavy atom. The number of nitrogens with zero attached hydrogens (tertiary/aromatic N) is 3. The Hall–Kier alpha value is -3.15. The van der Waals surface area contributed by atoms with E-state index in [0.29, 0.717) is 18.9 Å². The standard InChI is InChI=1S/C24H23N3O2/c1-16(28)24-25-20-10-4-7-13-23(20)27(24)15-17(29)14-26-21-11-5-2-8-18(21)19-9-3-6-12-22(19)26/h2-13,16-17,28-29H,14-15H2,1H3/t16-,17+/m0/s1. The van der Waals surface area contributed by atoms with Crippen LogP contribution in [0.25, 0.3) is 32.8 Å². The van der Waals surface area contributed by atoms with Crippen molar-refractivity contribution in [1.29, 1.82) is 0 Å². The van der Waals surface area contributed by atoms with Crippen LogP contribution in [0.15, 0.2) is 72.8 Å². The molecule has 0 spiro atoms. The van der Waals surface area contributed by atoms with Crippen molar-refractivity contribution in [2.24, 2.45) is 0 Å². The number of aromatic nitrogens is 3. The lowest BCUT2D eigenvalue weighted by atomic mass is 10.2. The number of hydrogen-bond acceptors (Lipinski definition) is 3. The van der Waals surface area contributed by atoms with Gasteiger partial charge in [-0.25, -0.2) is 4.98 Å². The number of fused-ring (bicyclic) bond motifs is 4. The zero-order valence-corrected chi connectivity index (χ0v) is 16.2. The molecule has 0 bridgehead atoms. The van der Waals surface area contributed by atoms with E-state index in [0.717, 1.165) is 22.1 Å². The first-order valence-corrected chi connectivity index (χ1v) is 9.91. The number of para-hydroxylation sites is 4. The normalized spacial score (nSPS) is 14.0. The molecule has 0 aliphatic carbocycles. The van der Waals surface area contributed by atoms with Crippen LogP contribution in [0.5, 0.6) is 0 Å². The summed E-state index contributed by atoms with van der Waals surface area (Å²) in [7, 11) is 0. The van der Waals surface area contributed by atoms with Crippen LogP contribution >= 0.6 is 0 Å². The van der Waals surface area contributed by atoms with E-state index >= 15 is 0 Å². The maximum atomic E-state index is 11.0. The summed E-state index contributed by atoms with van der Waals surface area (Å²) in [4.78, 5) is 4.56. The number of imidazole rings is 1. The van der Waals surface area contributed by atoms with Crippen LogP contribution in [0.4, 0.5) is 0 Å². The summed E-state index contributed by atoms with van der Waals surface area (Å²) in [6, 6.07) is 24.4. The summed E-state index contributed by atoms with van der Waals surface area (Å²) in [5.41, 5.74) is 3.97. The molecule has 146 valence electrons. The van der Waals surface area contributed by atoms with E-state index in [-0.39, 0.29) is 0 Å². The van der Waals surface area contributed by atoms with E-state index < -0.39 is 12.2 Å². The van der Waals surface area contributed by atoms with Crippen LogP contribution < -0.4 is 0 Å². The van der Waals surface area contributed by atoms with E-state index in [1.165, 1.54) is 10.8 Å². The fourth-order valence-electron chi connectivity index (χ4n) is 4.28. The largest absolute Gasteiger partial charge is 0.389 e. The second-order valence-electron chi connectivity index (χ2n) is 7.54. The van der Waals surface area contributed by atoms with E-state index in [9.17, 15) is 10.2 Å².